The van der Waals surface area contributed by atoms with Gasteiger partial charge in [0, 0.05) is 32.2 Å². The molecule has 23 heavy (non-hydrogen) atoms. The fraction of sp³-hybridized carbons (Fsp3) is 0.611. The Balaban J connectivity index is 1.44. The number of hydrogen-bond acceptors (Lipinski definition) is 4. The van der Waals surface area contributed by atoms with E-state index in [1.807, 2.05) is 30.3 Å². The Labute approximate surface area is 137 Å². The van der Waals surface area contributed by atoms with Crippen LogP contribution >= 0.6 is 0 Å². The van der Waals surface area contributed by atoms with E-state index >= 15 is 0 Å². The normalized spacial score (nSPS) is 26.0. The fourth-order valence-electron chi connectivity index (χ4n) is 3.56. The van der Waals surface area contributed by atoms with Crippen molar-refractivity contribution in [2.24, 2.45) is 0 Å². The first-order valence-electron chi connectivity index (χ1n) is 8.62. The highest BCUT2D eigenvalue weighted by Crippen LogP contribution is 2.24. The van der Waals surface area contributed by atoms with Crippen LogP contribution in [0.25, 0.3) is 0 Å². The van der Waals surface area contributed by atoms with E-state index in [0.717, 1.165) is 37.9 Å². The minimum atomic E-state index is -0.238. The van der Waals surface area contributed by atoms with Crippen LogP contribution in [-0.4, -0.2) is 59.3 Å². The first-order valence-corrected chi connectivity index (χ1v) is 8.62. The summed E-state index contributed by atoms with van der Waals surface area (Å²) in [5.41, 5.74) is 1.00. The predicted octanol–water partition coefficient (Wildman–Crippen LogP) is 2.24. The van der Waals surface area contributed by atoms with E-state index in [1.165, 1.54) is 6.42 Å². The molecule has 1 aromatic rings. The van der Waals surface area contributed by atoms with Gasteiger partial charge in [-0.25, -0.2) is 4.79 Å². The van der Waals surface area contributed by atoms with Crippen molar-refractivity contribution in [3.8, 4) is 0 Å². The molecule has 2 atom stereocenters. The van der Waals surface area contributed by atoms with Gasteiger partial charge in [-0.3, -0.25) is 4.90 Å². The SMILES string of the molecule is O=C(OCc1ccccc1)N1CCN([C@@H]2CCCC[C@H]2O)CC1. The number of benzene rings is 1. The molecule has 0 bridgehead atoms. The maximum Gasteiger partial charge on any atom is 0.410 e. The van der Waals surface area contributed by atoms with Crippen molar-refractivity contribution in [3.05, 3.63) is 35.9 Å². The Bertz CT molecular complexity index is 500. The van der Waals surface area contributed by atoms with Gasteiger partial charge in [-0.05, 0) is 18.4 Å². The first-order chi connectivity index (χ1) is 11.2. The molecule has 2 aliphatic rings. The van der Waals surface area contributed by atoms with Crippen molar-refractivity contribution in [1.82, 2.24) is 9.80 Å². The standard InChI is InChI=1S/C18H26N2O3/c21-17-9-5-4-8-16(17)19-10-12-20(13-11-19)18(22)23-14-15-6-2-1-3-7-15/h1-3,6-7,16-17,21H,4-5,8-14H2/t16-,17-/m1/s1. The molecule has 1 aliphatic heterocycles. The summed E-state index contributed by atoms with van der Waals surface area (Å²) < 4.78 is 5.39. The van der Waals surface area contributed by atoms with Crippen molar-refractivity contribution in [2.75, 3.05) is 26.2 Å². The molecule has 0 unspecified atom stereocenters. The maximum absolute atomic E-state index is 12.2. The molecule has 126 valence electrons. The summed E-state index contributed by atoms with van der Waals surface area (Å²) in [6, 6.07) is 10.0. The number of hydrogen-bond donors (Lipinski definition) is 1. The molecule has 5 heteroatoms. The quantitative estimate of drug-likeness (QED) is 0.929. The number of carbonyl (C=O) groups is 1. The molecule has 0 spiro atoms. The first kappa shape index (κ1) is 16.3. The average molecular weight is 318 g/mol. The van der Waals surface area contributed by atoms with Crippen LogP contribution in [0.1, 0.15) is 31.2 Å². The molecule has 3 rings (SSSR count). The zero-order valence-corrected chi connectivity index (χ0v) is 13.6. The van der Waals surface area contributed by atoms with Crippen LogP contribution in [0.15, 0.2) is 30.3 Å². The van der Waals surface area contributed by atoms with E-state index in [0.29, 0.717) is 19.7 Å². The summed E-state index contributed by atoms with van der Waals surface area (Å²) in [6.07, 6.45) is 3.85. The molecule has 0 radical (unpaired) electrons. The van der Waals surface area contributed by atoms with Gasteiger partial charge in [0.2, 0.25) is 0 Å². The molecule has 5 nitrogen and oxygen atoms in total. The van der Waals surface area contributed by atoms with Crippen LogP contribution in [-0.2, 0) is 11.3 Å². The molecule has 1 N–H and O–H groups in total. The van der Waals surface area contributed by atoms with Gasteiger partial charge in [0.05, 0.1) is 6.10 Å². The van der Waals surface area contributed by atoms with Gasteiger partial charge >= 0.3 is 6.09 Å². The highest BCUT2D eigenvalue weighted by atomic mass is 16.6. The largest absolute Gasteiger partial charge is 0.445 e. The Morgan fingerprint density at radius 1 is 1.09 bits per heavy atom. The van der Waals surface area contributed by atoms with Gasteiger partial charge in [0.1, 0.15) is 6.61 Å². The average Bonchev–Trinajstić information content (AvgIpc) is 2.61. The van der Waals surface area contributed by atoms with Crippen molar-refractivity contribution in [1.29, 1.82) is 0 Å². The molecule has 1 heterocycles. The van der Waals surface area contributed by atoms with Gasteiger partial charge in [0.15, 0.2) is 0 Å². The summed E-state index contributed by atoms with van der Waals surface area (Å²) in [7, 11) is 0. The maximum atomic E-state index is 12.2. The monoisotopic (exact) mass is 318 g/mol. The predicted molar refractivity (Wildman–Crippen MR) is 88.0 cm³/mol. The van der Waals surface area contributed by atoms with E-state index in [2.05, 4.69) is 4.90 Å². The van der Waals surface area contributed by atoms with Crippen LogP contribution in [0.4, 0.5) is 4.79 Å². The van der Waals surface area contributed by atoms with Crippen molar-refractivity contribution in [3.63, 3.8) is 0 Å². The zero-order valence-electron chi connectivity index (χ0n) is 13.6. The fourth-order valence-corrected chi connectivity index (χ4v) is 3.56. The zero-order chi connectivity index (χ0) is 16.1. The molecule has 0 aromatic heterocycles. The van der Waals surface area contributed by atoms with E-state index < -0.39 is 0 Å². The van der Waals surface area contributed by atoms with E-state index in [1.54, 1.807) is 4.90 Å². The minimum absolute atomic E-state index is 0.208. The van der Waals surface area contributed by atoms with Crippen LogP contribution in [0.5, 0.6) is 0 Å². The lowest BCUT2D eigenvalue weighted by Gasteiger charge is -2.42. The number of rotatable bonds is 3. The number of aliphatic hydroxyl groups excluding tert-OH is 1. The second kappa shape index (κ2) is 7.79. The summed E-state index contributed by atoms with van der Waals surface area (Å²) in [5.74, 6) is 0. The Kier molecular flexibility index (Phi) is 5.51. The minimum Gasteiger partial charge on any atom is -0.445 e. The lowest BCUT2D eigenvalue weighted by atomic mass is 9.91. The highest BCUT2D eigenvalue weighted by molar-refractivity contribution is 5.67. The number of ether oxygens (including phenoxy) is 1. The van der Waals surface area contributed by atoms with E-state index in [9.17, 15) is 9.90 Å². The van der Waals surface area contributed by atoms with Crippen LogP contribution in [0.3, 0.4) is 0 Å². The van der Waals surface area contributed by atoms with Gasteiger partial charge in [-0.1, -0.05) is 43.2 Å². The Morgan fingerprint density at radius 2 is 1.78 bits per heavy atom. The number of piperazine rings is 1. The molecule has 1 aromatic carbocycles. The number of aliphatic hydroxyl groups is 1. The van der Waals surface area contributed by atoms with Gasteiger partial charge in [0.25, 0.3) is 0 Å². The van der Waals surface area contributed by atoms with Crippen LogP contribution in [0, 0.1) is 0 Å². The van der Waals surface area contributed by atoms with E-state index in [-0.39, 0.29) is 18.2 Å². The molecule has 1 saturated carbocycles. The second-order valence-electron chi connectivity index (χ2n) is 6.48. The summed E-state index contributed by atoms with van der Waals surface area (Å²) in [6.45, 7) is 3.32. The number of amides is 1. The lowest BCUT2D eigenvalue weighted by Crippen LogP contribution is -2.55. The van der Waals surface area contributed by atoms with Crippen LogP contribution < -0.4 is 0 Å². The van der Waals surface area contributed by atoms with Crippen molar-refractivity contribution < 1.29 is 14.6 Å². The van der Waals surface area contributed by atoms with Crippen molar-refractivity contribution in [2.45, 2.75) is 44.4 Å². The smallest absolute Gasteiger partial charge is 0.410 e. The number of carbonyl (C=O) groups excluding carboxylic acids is 1. The third-order valence-corrected chi connectivity index (χ3v) is 4.94. The number of nitrogens with zero attached hydrogens (tertiary/aromatic N) is 2. The molecule has 1 amide bonds. The second-order valence-corrected chi connectivity index (χ2v) is 6.48. The summed E-state index contributed by atoms with van der Waals surface area (Å²) in [4.78, 5) is 16.3. The summed E-state index contributed by atoms with van der Waals surface area (Å²) in [5, 5.41) is 10.2. The third kappa shape index (κ3) is 4.24. The van der Waals surface area contributed by atoms with Gasteiger partial charge < -0.3 is 14.7 Å². The Hall–Kier alpha value is -1.59. The highest BCUT2D eigenvalue weighted by Gasteiger charge is 2.32. The van der Waals surface area contributed by atoms with Gasteiger partial charge in [-0.2, -0.15) is 0 Å². The lowest BCUT2D eigenvalue weighted by molar-refractivity contribution is -0.00468. The molecule has 1 saturated heterocycles. The molecule has 2 fully saturated rings. The van der Waals surface area contributed by atoms with Crippen LogP contribution in [0.2, 0.25) is 0 Å². The Morgan fingerprint density at radius 3 is 2.48 bits per heavy atom. The topological polar surface area (TPSA) is 53.0 Å². The van der Waals surface area contributed by atoms with E-state index in [4.69, 9.17) is 4.74 Å². The van der Waals surface area contributed by atoms with Crippen molar-refractivity contribution >= 4 is 6.09 Å². The van der Waals surface area contributed by atoms with Gasteiger partial charge in [-0.15, -0.1) is 0 Å². The molecule has 1 aliphatic carbocycles. The molecular weight excluding hydrogens is 292 g/mol. The summed E-state index contributed by atoms with van der Waals surface area (Å²) >= 11 is 0. The molecular formula is C18H26N2O3. The third-order valence-electron chi connectivity index (χ3n) is 4.94.